The molecule has 0 bridgehead atoms. The number of hydrogen-bond acceptors (Lipinski definition) is 5. The summed E-state index contributed by atoms with van der Waals surface area (Å²) < 4.78 is 23.4. The Balaban J connectivity index is 1.65. The minimum atomic E-state index is -0.308. The third kappa shape index (κ3) is 2.62. The molecule has 4 rings (SSSR count). The fraction of sp³-hybridized carbons (Fsp3) is 0. The summed E-state index contributed by atoms with van der Waals surface area (Å²) in [4.78, 5) is 4.31. The van der Waals surface area contributed by atoms with Crippen molar-refractivity contribution in [2.24, 2.45) is 0 Å². The van der Waals surface area contributed by atoms with E-state index in [1.54, 1.807) is 18.2 Å². The molecule has 0 N–H and O–H groups in total. The molecule has 2 heterocycles. The first kappa shape index (κ1) is 13.4. The summed E-state index contributed by atoms with van der Waals surface area (Å²) in [5.74, 6) is 0.935. The van der Waals surface area contributed by atoms with Crippen LogP contribution in [0, 0.1) is 5.82 Å². The molecule has 0 aliphatic carbocycles. The lowest BCUT2D eigenvalue weighted by Crippen LogP contribution is -1.80. The quantitative estimate of drug-likeness (QED) is 0.567. The van der Waals surface area contributed by atoms with E-state index in [1.807, 2.05) is 30.3 Å². The second kappa shape index (κ2) is 5.49. The highest BCUT2D eigenvalue weighted by molar-refractivity contribution is 5.63. The maximum absolute atomic E-state index is 13.0. The lowest BCUT2D eigenvalue weighted by Gasteiger charge is -1.93. The average molecular weight is 307 g/mol. The topological polar surface area (TPSA) is 65.0 Å². The molecule has 0 radical (unpaired) electrons. The molecule has 0 aliphatic rings. The highest BCUT2D eigenvalue weighted by Gasteiger charge is 2.15. The Bertz CT molecular complexity index is 930. The maximum atomic E-state index is 13.0. The third-order valence-corrected chi connectivity index (χ3v) is 3.32. The molecule has 23 heavy (non-hydrogen) atoms. The molecule has 112 valence electrons. The number of aromatic nitrogens is 3. The molecule has 4 aromatic rings. The standard InChI is InChI=1S/C17H10FN3O2/c18-13-8-6-11(7-9-13)15-10-14(20-22-15)17-19-16(21-23-17)12-4-2-1-3-5-12/h1-10H. The number of halogens is 1. The number of hydrogen-bond donors (Lipinski definition) is 0. The molecule has 2 aromatic heterocycles. The minimum absolute atomic E-state index is 0.265. The van der Waals surface area contributed by atoms with Gasteiger partial charge < -0.3 is 9.05 Å². The molecule has 0 saturated carbocycles. The molecule has 0 atom stereocenters. The van der Waals surface area contributed by atoms with Crippen molar-refractivity contribution in [2.45, 2.75) is 0 Å². The van der Waals surface area contributed by atoms with Gasteiger partial charge in [-0.15, -0.1) is 0 Å². The zero-order valence-corrected chi connectivity index (χ0v) is 11.8. The molecule has 0 spiro atoms. The van der Waals surface area contributed by atoms with E-state index < -0.39 is 0 Å². The van der Waals surface area contributed by atoms with Crippen LogP contribution in [-0.4, -0.2) is 15.3 Å². The summed E-state index contributed by atoms with van der Waals surface area (Å²) in [5.41, 5.74) is 2.00. The van der Waals surface area contributed by atoms with Crippen molar-refractivity contribution >= 4 is 0 Å². The van der Waals surface area contributed by atoms with E-state index in [2.05, 4.69) is 15.3 Å². The van der Waals surface area contributed by atoms with Crippen LogP contribution in [0.2, 0.25) is 0 Å². The SMILES string of the molecule is Fc1ccc(-c2cc(-c3nc(-c4ccccc4)no3)no2)cc1. The van der Waals surface area contributed by atoms with Gasteiger partial charge in [-0.3, -0.25) is 0 Å². The van der Waals surface area contributed by atoms with Crippen molar-refractivity contribution in [1.82, 2.24) is 15.3 Å². The number of rotatable bonds is 3. The molecule has 5 nitrogen and oxygen atoms in total. The second-order valence-corrected chi connectivity index (χ2v) is 4.87. The summed E-state index contributed by atoms with van der Waals surface area (Å²) >= 11 is 0. The fourth-order valence-electron chi connectivity index (χ4n) is 2.16. The molecular weight excluding hydrogens is 297 g/mol. The van der Waals surface area contributed by atoms with E-state index in [1.165, 1.54) is 12.1 Å². The Morgan fingerprint density at radius 3 is 2.35 bits per heavy atom. The lowest BCUT2D eigenvalue weighted by molar-refractivity contribution is 0.411. The van der Waals surface area contributed by atoms with Gasteiger partial charge in [0.15, 0.2) is 11.5 Å². The normalized spacial score (nSPS) is 10.8. The van der Waals surface area contributed by atoms with Gasteiger partial charge in [-0.25, -0.2) is 4.39 Å². The molecule has 0 fully saturated rings. The first-order chi connectivity index (χ1) is 11.3. The van der Waals surface area contributed by atoms with Gasteiger partial charge >= 0.3 is 0 Å². The van der Waals surface area contributed by atoms with Gasteiger partial charge in [0.05, 0.1) is 0 Å². The average Bonchev–Trinajstić information content (AvgIpc) is 3.26. The number of nitrogens with zero attached hydrogens (tertiary/aromatic N) is 3. The van der Waals surface area contributed by atoms with Gasteiger partial charge in [0, 0.05) is 17.2 Å². The van der Waals surface area contributed by atoms with Crippen molar-refractivity contribution in [3.63, 3.8) is 0 Å². The zero-order chi connectivity index (χ0) is 15.6. The van der Waals surface area contributed by atoms with Crippen molar-refractivity contribution in [3.8, 4) is 34.3 Å². The lowest BCUT2D eigenvalue weighted by atomic mass is 10.1. The highest BCUT2D eigenvalue weighted by atomic mass is 19.1. The smallest absolute Gasteiger partial charge is 0.280 e. The predicted octanol–water partition coefficient (Wildman–Crippen LogP) is 4.20. The molecule has 0 aliphatic heterocycles. The molecular formula is C17H10FN3O2. The summed E-state index contributed by atoms with van der Waals surface area (Å²) in [6.45, 7) is 0. The maximum Gasteiger partial charge on any atom is 0.280 e. The highest BCUT2D eigenvalue weighted by Crippen LogP contribution is 2.26. The Labute approximate surface area is 130 Å². The summed E-state index contributed by atoms with van der Waals surface area (Å²) in [5, 5.41) is 7.87. The van der Waals surface area contributed by atoms with Crippen LogP contribution in [0.5, 0.6) is 0 Å². The monoisotopic (exact) mass is 307 g/mol. The van der Waals surface area contributed by atoms with Crippen LogP contribution in [0.4, 0.5) is 4.39 Å². The van der Waals surface area contributed by atoms with Crippen molar-refractivity contribution in [1.29, 1.82) is 0 Å². The van der Waals surface area contributed by atoms with Crippen LogP contribution in [0.15, 0.2) is 69.7 Å². The molecule has 2 aromatic carbocycles. The van der Waals surface area contributed by atoms with Crippen molar-refractivity contribution in [2.75, 3.05) is 0 Å². The Kier molecular flexibility index (Phi) is 3.20. The predicted molar refractivity (Wildman–Crippen MR) is 80.6 cm³/mol. The van der Waals surface area contributed by atoms with Gasteiger partial charge in [0.2, 0.25) is 5.82 Å². The molecule has 0 saturated heterocycles. The first-order valence-corrected chi connectivity index (χ1v) is 6.92. The van der Waals surface area contributed by atoms with Gasteiger partial charge in [-0.05, 0) is 24.3 Å². The summed E-state index contributed by atoms with van der Waals surface area (Å²) in [6, 6.07) is 17.1. The van der Waals surface area contributed by atoms with Crippen LogP contribution < -0.4 is 0 Å². The van der Waals surface area contributed by atoms with E-state index >= 15 is 0 Å². The van der Waals surface area contributed by atoms with Crippen LogP contribution in [0.1, 0.15) is 0 Å². The Morgan fingerprint density at radius 1 is 0.783 bits per heavy atom. The zero-order valence-electron chi connectivity index (χ0n) is 11.8. The van der Waals surface area contributed by atoms with E-state index in [4.69, 9.17) is 9.05 Å². The molecule has 6 heteroatoms. The molecule has 0 unspecified atom stereocenters. The van der Waals surface area contributed by atoms with Gasteiger partial charge in [0.1, 0.15) is 5.82 Å². The minimum Gasteiger partial charge on any atom is -0.355 e. The van der Waals surface area contributed by atoms with Crippen molar-refractivity contribution < 1.29 is 13.4 Å². The van der Waals surface area contributed by atoms with Crippen LogP contribution in [0.25, 0.3) is 34.3 Å². The van der Waals surface area contributed by atoms with Gasteiger partial charge in [-0.2, -0.15) is 4.98 Å². The fourth-order valence-corrected chi connectivity index (χ4v) is 2.16. The number of benzene rings is 2. The van der Waals surface area contributed by atoms with Crippen LogP contribution in [-0.2, 0) is 0 Å². The van der Waals surface area contributed by atoms with Crippen LogP contribution in [0.3, 0.4) is 0 Å². The molecule has 0 amide bonds. The largest absolute Gasteiger partial charge is 0.355 e. The van der Waals surface area contributed by atoms with E-state index in [9.17, 15) is 4.39 Å². The summed E-state index contributed by atoms with van der Waals surface area (Å²) in [6.07, 6.45) is 0. The summed E-state index contributed by atoms with van der Waals surface area (Å²) in [7, 11) is 0. The van der Waals surface area contributed by atoms with Crippen molar-refractivity contribution in [3.05, 3.63) is 66.5 Å². The third-order valence-electron chi connectivity index (χ3n) is 3.32. The van der Waals surface area contributed by atoms with Gasteiger partial charge in [-0.1, -0.05) is 40.6 Å². The van der Waals surface area contributed by atoms with Gasteiger partial charge in [0.25, 0.3) is 5.89 Å². The van der Waals surface area contributed by atoms with Crippen LogP contribution >= 0.6 is 0 Å². The Hall–Kier alpha value is -3.28. The second-order valence-electron chi connectivity index (χ2n) is 4.87. The Morgan fingerprint density at radius 2 is 1.57 bits per heavy atom. The van der Waals surface area contributed by atoms with E-state index in [0.717, 1.165) is 5.56 Å². The van der Waals surface area contributed by atoms with E-state index in [-0.39, 0.29) is 11.7 Å². The first-order valence-electron chi connectivity index (χ1n) is 6.92. The van der Waals surface area contributed by atoms with E-state index in [0.29, 0.717) is 22.8 Å².